The molecule has 0 atom stereocenters. The molecule has 0 fully saturated rings. The molecule has 0 bridgehead atoms. The number of aryl methyl sites for hydroxylation is 1. The zero-order valence-electron chi connectivity index (χ0n) is 17.8. The van der Waals surface area contributed by atoms with E-state index in [4.69, 9.17) is 14.2 Å². The Morgan fingerprint density at radius 3 is 2.57 bits per heavy atom. The first kappa shape index (κ1) is 19.8. The molecule has 3 aromatic rings. The van der Waals surface area contributed by atoms with Gasteiger partial charge in [0.15, 0.2) is 5.76 Å². The van der Waals surface area contributed by atoms with Crippen LogP contribution < -0.4 is 10.4 Å². The van der Waals surface area contributed by atoms with Crippen LogP contribution in [0.15, 0.2) is 65.4 Å². The number of allylic oxidation sites excluding steroid dienone is 1. The minimum atomic E-state index is -0.0213. The Balaban J connectivity index is 1.70. The third-order valence-corrected chi connectivity index (χ3v) is 4.76. The molecule has 0 aliphatic carbocycles. The van der Waals surface area contributed by atoms with Crippen LogP contribution in [0.2, 0.25) is 0 Å². The number of fused-ring (bicyclic) bond motifs is 1. The third kappa shape index (κ3) is 3.83. The summed E-state index contributed by atoms with van der Waals surface area (Å²) in [6.07, 6.45) is 2.85. The van der Waals surface area contributed by atoms with E-state index in [1.54, 1.807) is 24.6 Å². The van der Waals surface area contributed by atoms with Crippen LogP contribution >= 0.6 is 0 Å². The fraction of sp³-hybridized carbons (Fsp3) is 0.304. The van der Waals surface area contributed by atoms with Crippen LogP contribution in [-0.2, 0) is 23.1 Å². The van der Waals surface area contributed by atoms with Gasteiger partial charge in [-0.3, -0.25) is 9.13 Å². The lowest BCUT2D eigenvalue weighted by molar-refractivity contribution is 0.121. The minimum Gasteiger partial charge on any atom is -0.459 e. The molecule has 4 rings (SSSR count). The predicted molar refractivity (Wildman–Crippen MR) is 115 cm³/mol. The van der Waals surface area contributed by atoms with Gasteiger partial charge in [-0.25, -0.2) is 9.78 Å². The Kier molecular flexibility index (Phi) is 4.89. The van der Waals surface area contributed by atoms with Gasteiger partial charge in [-0.1, -0.05) is 32.9 Å². The van der Waals surface area contributed by atoms with Gasteiger partial charge in [0.1, 0.15) is 12.5 Å². The molecule has 7 heteroatoms. The highest BCUT2D eigenvalue weighted by molar-refractivity contribution is 5.82. The van der Waals surface area contributed by atoms with Crippen molar-refractivity contribution in [3.63, 3.8) is 0 Å². The van der Waals surface area contributed by atoms with E-state index in [0.717, 1.165) is 22.3 Å². The molecule has 0 saturated carbocycles. The second-order valence-electron chi connectivity index (χ2n) is 8.51. The van der Waals surface area contributed by atoms with Crippen molar-refractivity contribution in [2.24, 2.45) is 12.5 Å². The molecule has 1 aromatic carbocycles. The number of rotatable bonds is 4. The molecule has 1 aliphatic heterocycles. The maximum Gasteiger partial charge on any atom is 0.331 e. The molecule has 30 heavy (non-hydrogen) atoms. The molecule has 0 unspecified atom stereocenters. The second kappa shape index (κ2) is 7.40. The Morgan fingerprint density at radius 1 is 1.07 bits per heavy atom. The molecule has 0 amide bonds. The largest absolute Gasteiger partial charge is 0.459 e. The Hall–Kier alpha value is -3.48. The van der Waals surface area contributed by atoms with Crippen molar-refractivity contribution in [1.82, 2.24) is 14.1 Å². The molecule has 3 heterocycles. The highest BCUT2D eigenvalue weighted by Crippen LogP contribution is 2.27. The number of benzene rings is 1. The molecular formula is C23H25N3O4. The summed E-state index contributed by atoms with van der Waals surface area (Å²) in [4.78, 5) is 17.4. The molecule has 0 N–H and O–H groups in total. The van der Waals surface area contributed by atoms with E-state index in [1.165, 1.54) is 12.5 Å². The number of hydrogen-bond donors (Lipinski definition) is 0. The SMILES string of the molecule is CC1=C(Oc2cccc(-c3ccc4c(c3)n(C)c(=O)n4CC(C)(C)C)n2)OC=CO1. The van der Waals surface area contributed by atoms with Gasteiger partial charge in [0.2, 0.25) is 5.88 Å². The summed E-state index contributed by atoms with van der Waals surface area (Å²) in [6.45, 7) is 8.76. The van der Waals surface area contributed by atoms with Gasteiger partial charge in [-0.05, 0) is 23.6 Å². The molecule has 156 valence electrons. The highest BCUT2D eigenvalue weighted by Gasteiger charge is 2.18. The number of nitrogens with zero attached hydrogens (tertiary/aromatic N) is 3. The van der Waals surface area contributed by atoms with E-state index >= 15 is 0 Å². The van der Waals surface area contributed by atoms with Crippen molar-refractivity contribution in [2.75, 3.05) is 0 Å². The molecule has 0 spiro atoms. The lowest BCUT2D eigenvalue weighted by Crippen LogP contribution is -2.27. The van der Waals surface area contributed by atoms with Crippen molar-refractivity contribution in [3.05, 3.63) is 71.1 Å². The maximum atomic E-state index is 12.8. The summed E-state index contributed by atoms with van der Waals surface area (Å²) < 4.78 is 19.9. The van der Waals surface area contributed by atoms with E-state index < -0.39 is 0 Å². The predicted octanol–water partition coefficient (Wildman–Crippen LogP) is 4.53. The summed E-state index contributed by atoms with van der Waals surface area (Å²) in [6, 6.07) is 11.4. The van der Waals surface area contributed by atoms with Crippen molar-refractivity contribution < 1.29 is 14.2 Å². The van der Waals surface area contributed by atoms with E-state index in [-0.39, 0.29) is 17.0 Å². The number of aromatic nitrogens is 3. The normalized spacial score (nSPS) is 14.0. The lowest BCUT2D eigenvalue weighted by atomic mass is 9.97. The van der Waals surface area contributed by atoms with E-state index in [9.17, 15) is 4.79 Å². The van der Waals surface area contributed by atoms with Crippen molar-refractivity contribution in [3.8, 4) is 17.1 Å². The maximum absolute atomic E-state index is 12.8. The number of pyridine rings is 1. The summed E-state index contributed by atoms with van der Waals surface area (Å²) in [7, 11) is 1.80. The van der Waals surface area contributed by atoms with Gasteiger partial charge in [0.05, 0.1) is 16.7 Å². The van der Waals surface area contributed by atoms with Crippen molar-refractivity contribution >= 4 is 11.0 Å². The van der Waals surface area contributed by atoms with E-state index in [0.29, 0.717) is 18.2 Å². The fourth-order valence-corrected chi connectivity index (χ4v) is 3.37. The summed E-state index contributed by atoms with van der Waals surface area (Å²) in [5, 5.41) is 0. The first-order chi connectivity index (χ1) is 14.2. The van der Waals surface area contributed by atoms with Gasteiger partial charge in [0.25, 0.3) is 0 Å². The monoisotopic (exact) mass is 407 g/mol. The van der Waals surface area contributed by atoms with Crippen LogP contribution in [0.3, 0.4) is 0 Å². The number of ether oxygens (including phenoxy) is 3. The van der Waals surface area contributed by atoms with Crippen LogP contribution in [0.1, 0.15) is 27.7 Å². The van der Waals surface area contributed by atoms with Gasteiger partial charge in [-0.2, -0.15) is 0 Å². The lowest BCUT2D eigenvalue weighted by Gasteiger charge is -2.18. The number of imidazole rings is 1. The third-order valence-electron chi connectivity index (χ3n) is 4.76. The van der Waals surface area contributed by atoms with E-state index in [1.807, 2.05) is 34.9 Å². The van der Waals surface area contributed by atoms with Crippen molar-refractivity contribution in [1.29, 1.82) is 0 Å². The molecule has 2 aromatic heterocycles. The zero-order chi connectivity index (χ0) is 21.5. The second-order valence-corrected chi connectivity index (χ2v) is 8.51. The van der Waals surface area contributed by atoms with Gasteiger partial charge in [0, 0.05) is 32.1 Å². The average molecular weight is 407 g/mol. The van der Waals surface area contributed by atoms with Gasteiger partial charge < -0.3 is 14.2 Å². The Bertz CT molecular complexity index is 1230. The topological polar surface area (TPSA) is 67.5 Å². The minimum absolute atomic E-state index is 0.00306. The summed E-state index contributed by atoms with van der Waals surface area (Å²) in [5.41, 5.74) is 3.37. The Labute approximate surface area is 174 Å². The van der Waals surface area contributed by atoms with Crippen LogP contribution in [0, 0.1) is 5.41 Å². The summed E-state index contributed by atoms with van der Waals surface area (Å²) >= 11 is 0. The summed E-state index contributed by atoms with van der Waals surface area (Å²) in [5.74, 6) is 1.15. The van der Waals surface area contributed by atoms with Gasteiger partial charge >= 0.3 is 11.6 Å². The van der Waals surface area contributed by atoms with Crippen LogP contribution in [0.5, 0.6) is 5.88 Å². The van der Waals surface area contributed by atoms with Crippen molar-refractivity contribution in [2.45, 2.75) is 34.2 Å². The molecule has 7 nitrogen and oxygen atoms in total. The zero-order valence-corrected chi connectivity index (χ0v) is 17.8. The molecule has 0 saturated heterocycles. The molecule has 0 radical (unpaired) electrons. The quantitative estimate of drug-likeness (QED) is 0.635. The Morgan fingerprint density at radius 2 is 1.83 bits per heavy atom. The number of hydrogen-bond acceptors (Lipinski definition) is 5. The smallest absolute Gasteiger partial charge is 0.331 e. The highest BCUT2D eigenvalue weighted by atomic mass is 16.7. The average Bonchev–Trinajstić information content (AvgIpc) is 2.93. The fourth-order valence-electron chi connectivity index (χ4n) is 3.37. The molecule has 1 aliphatic rings. The first-order valence-corrected chi connectivity index (χ1v) is 9.77. The molecular weight excluding hydrogens is 382 g/mol. The van der Waals surface area contributed by atoms with Crippen LogP contribution in [-0.4, -0.2) is 14.1 Å². The van der Waals surface area contributed by atoms with Crippen LogP contribution in [0.4, 0.5) is 0 Å². The van der Waals surface area contributed by atoms with E-state index in [2.05, 4.69) is 25.8 Å². The standard InChI is InChI=1S/C23H25N3O4/c1-15-21(29-12-11-28-15)30-20-8-6-7-17(24-20)16-9-10-18-19(13-16)25(5)22(27)26(18)14-23(2,3)4/h6-13H,14H2,1-5H3. The van der Waals surface area contributed by atoms with Crippen LogP contribution in [0.25, 0.3) is 22.3 Å². The first-order valence-electron chi connectivity index (χ1n) is 9.77. The van der Waals surface area contributed by atoms with Gasteiger partial charge in [-0.15, -0.1) is 0 Å².